The predicted molar refractivity (Wildman–Crippen MR) is 101 cm³/mol. The molecule has 3 atom stereocenters. The van der Waals surface area contributed by atoms with Crippen molar-refractivity contribution in [1.82, 2.24) is 16.0 Å². The standard InChI is InChI=1S/C17H31N5O6/c1-8(2)13(21-12(24)7-18)16(26)20-10(5-6-11(19)23)15(25)22-14(9(3)4)17(27)28/h8-10,13-14H,5-7,18H2,1-4H3,(H2,19,23)(H,20,26)(H,21,24)(H,22,25)(H,27,28). The molecule has 4 amide bonds. The van der Waals surface area contributed by atoms with Crippen molar-refractivity contribution < 1.29 is 29.1 Å². The third-order valence-electron chi connectivity index (χ3n) is 3.99. The van der Waals surface area contributed by atoms with Crippen LogP contribution in [-0.4, -0.2) is 59.4 Å². The Bertz CT molecular complexity index is 593. The summed E-state index contributed by atoms with van der Waals surface area (Å²) in [6.07, 6.45) is -0.313. The summed E-state index contributed by atoms with van der Waals surface area (Å²) in [6.45, 7) is 6.31. The van der Waals surface area contributed by atoms with E-state index in [1.807, 2.05) is 0 Å². The maximum Gasteiger partial charge on any atom is 0.326 e. The summed E-state index contributed by atoms with van der Waals surface area (Å²) in [5, 5.41) is 16.5. The van der Waals surface area contributed by atoms with E-state index in [1.54, 1.807) is 27.7 Å². The zero-order valence-corrected chi connectivity index (χ0v) is 16.7. The molecule has 8 N–H and O–H groups in total. The molecule has 11 heteroatoms. The fraction of sp³-hybridized carbons (Fsp3) is 0.706. The number of primary amides is 1. The molecule has 0 aliphatic heterocycles. The van der Waals surface area contributed by atoms with Crippen LogP contribution in [0.5, 0.6) is 0 Å². The van der Waals surface area contributed by atoms with Crippen molar-refractivity contribution >= 4 is 29.6 Å². The normalized spacial score (nSPS) is 14.1. The number of carboxylic acid groups (broad SMARTS) is 1. The first-order chi connectivity index (χ1) is 12.9. The first-order valence-corrected chi connectivity index (χ1v) is 9.01. The summed E-state index contributed by atoms with van der Waals surface area (Å²) in [6, 6.07) is -3.32. The van der Waals surface area contributed by atoms with Crippen LogP contribution in [0.1, 0.15) is 40.5 Å². The van der Waals surface area contributed by atoms with Gasteiger partial charge in [0.1, 0.15) is 18.1 Å². The van der Waals surface area contributed by atoms with E-state index in [2.05, 4.69) is 16.0 Å². The van der Waals surface area contributed by atoms with Crippen LogP contribution in [0.15, 0.2) is 0 Å². The molecule has 0 aromatic heterocycles. The molecule has 0 aliphatic carbocycles. The van der Waals surface area contributed by atoms with Crippen LogP contribution >= 0.6 is 0 Å². The second-order valence-corrected chi connectivity index (χ2v) is 7.13. The molecule has 11 nitrogen and oxygen atoms in total. The van der Waals surface area contributed by atoms with Crippen molar-refractivity contribution in [2.75, 3.05) is 6.54 Å². The van der Waals surface area contributed by atoms with E-state index in [0.717, 1.165) is 0 Å². The van der Waals surface area contributed by atoms with E-state index >= 15 is 0 Å². The molecule has 3 unspecified atom stereocenters. The van der Waals surface area contributed by atoms with Crippen LogP contribution in [0.3, 0.4) is 0 Å². The van der Waals surface area contributed by atoms with Crippen molar-refractivity contribution in [3.63, 3.8) is 0 Å². The quantitative estimate of drug-likeness (QED) is 0.219. The van der Waals surface area contributed by atoms with Crippen LogP contribution in [0.2, 0.25) is 0 Å². The Hall–Kier alpha value is -2.69. The molecule has 0 fully saturated rings. The summed E-state index contributed by atoms with van der Waals surface area (Å²) < 4.78 is 0. The first-order valence-electron chi connectivity index (χ1n) is 9.01. The number of carbonyl (C=O) groups is 5. The maximum atomic E-state index is 12.6. The SMILES string of the molecule is CC(C)C(NC(=O)C(CCC(N)=O)NC(=O)C(NC(=O)CN)C(C)C)C(=O)O. The Balaban J connectivity index is 5.38. The molecule has 0 radical (unpaired) electrons. The van der Waals surface area contributed by atoms with Crippen molar-refractivity contribution in [3.8, 4) is 0 Å². The second-order valence-electron chi connectivity index (χ2n) is 7.13. The van der Waals surface area contributed by atoms with Crippen molar-refractivity contribution in [2.24, 2.45) is 23.3 Å². The highest BCUT2D eigenvalue weighted by Crippen LogP contribution is 2.07. The number of nitrogens with two attached hydrogens (primary N) is 2. The Morgan fingerprint density at radius 3 is 1.79 bits per heavy atom. The molecule has 0 aliphatic rings. The maximum absolute atomic E-state index is 12.6. The van der Waals surface area contributed by atoms with Gasteiger partial charge in [-0.15, -0.1) is 0 Å². The third kappa shape index (κ3) is 8.80. The molecule has 0 aromatic rings. The lowest BCUT2D eigenvalue weighted by atomic mass is 10.0. The van der Waals surface area contributed by atoms with Gasteiger partial charge in [-0.3, -0.25) is 19.2 Å². The summed E-state index contributed by atoms with van der Waals surface area (Å²) in [5.74, 6) is -4.57. The van der Waals surface area contributed by atoms with Crippen molar-refractivity contribution in [1.29, 1.82) is 0 Å². The molecular weight excluding hydrogens is 370 g/mol. The van der Waals surface area contributed by atoms with Crippen LogP contribution in [0.25, 0.3) is 0 Å². The minimum atomic E-state index is -1.22. The van der Waals surface area contributed by atoms with Gasteiger partial charge in [0, 0.05) is 6.42 Å². The van der Waals surface area contributed by atoms with Crippen LogP contribution < -0.4 is 27.4 Å². The monoisotopic (exact) mass is 401 g/mol. The van der Waals surface area contributed by atoms with Gasteiger partial charge < -0.3 is 32.5 Å². The smallest absolute Gasteiger partial charge is 0.326 e. The topological polar surface area (TPSA) is 194 Å². The average molecular weight is 401 g/mol. The van der Waals surface area contributed by atoms with Gasteiger partial charge in [-0.1, -0.05) is 27.7 Å². The highest BCUT2D eigenvalue weighted by Gasteiger charge is 2.31. The molecule has 0 rings (SSSR count). The number of carboxylic acids is 1. The van der Waals surface area contributed by atoms with Crippen LogP contribution in [-0.2, 0) is 24.0 Å². The van der Waals surface area contributed by atoms with Gasteiger partial charge >= 0.3 is 5.97 Å². The van der Waals surface area contributed by atoms with Crippen LogP contribution in [0, 0.1) is 11.8 Å². The number of hydrogen-bond acceptors (Lipinski definition) is 6. The molecule has 0 saturated heterocycles. The molecular formula is C17H31N5O6. The largest absolute Gasteiger partial charge is 0.480 e. The molecule has 0 saturated carbocycles. The highest BCUT2D eigenvalue weighted by molar-refractivity contribution is 5.94. The average Bonchev–Trinajstić information content (AvgIpc) is 2.59. The number of carbonyl (C=O) groups excluding carboxylic acids is 4. The Labute approximate surface area is 164 Å². The van der Waals surface area contributed by atoms with E-state index in [1.165, 1.54) is 0 Å². The number of hydrogen-bond donors (Lipinski definition) is 6. The minimum Gasteiger partial charge on any atom is -0.480 e. The Kier molecular flexibility index (Phi) is 10.8. The Morgan fingerprint density at radius 2 is 1.39 bits per heavy atom. The zero-order chi connectivity index (χ0) is 22.0. The molecule has 0 spiro atoms. The van der Waals surface area contributed by atoms with Gasteiger partial charge in [-0.25, -0.2) is 4.79 Å². The number of rotatable bonds is 12. The van der Waals surface area contributed by atoms with Gasteiger partial charge in [0.25, 0.3) is 0 Å². The lowest BCUT2D eigenvalue weighted by Gasteiger charge is -2.26. The summed E-state index contributed by atoms with van der Waals surface area (Å²) in [7, 11) is 0. The first kappa shape index (κ1) is 25.3. The van der Waals surface area contributed by atoms with Crippen molar-refractivity contribution in [3.05, 3.63) is 0 Å². The fourth-order valence-electron chi connectivity index (χ4n) is 2.35. The van der Waals surface area contributed by atoms with Gasteiger partial charge in [0.2, 0.25) is 23.6 Å². The lowest BCUT2D eigenvalue weighted by Crippen LogP contribution is -2.58. The van der Waals surface area contributed by atoms with Gasteiger partial charge in [-0.05, 0) is 18.3 Å². The predicted octanol–water partition coefficient (Wildman–Crippen LogP) is -1.94. The minimum absolute atomic E-state index is 0.118. The van der Waals surface area contributed by atoms with E-state index in [9.17, 15) is 29.1 Å². The van der Waals surface area contributed by atoms with Gasteiger partial charge in [0.05, 0.1) is 6.54 Å². The van der Waals surface area contributed by atoms with E-state index in [4.69, 9.17) is 11.5 Å². The molecule has 0 heterocycles. The third-order valence-corrected chi connectivity index (χ3v) is 3.99. The van der Waals surface area contributed by atoms with E-state index in [-0.39, 0.29) is 25.3 Å². The molecule has 160 valence electrons. The summed E-state index contributed by atoms with van der Waals surface area (Å²) in [5.41, 5.74) is 10.4. The summed E-state index contributed by atoms with van der Waals surface area (Å²) >= 11 is 0. The molecule has 0 bridgehead atoms. The zero-order valence-electron chi connectivity index (χ0n) is 16.7. The summed E-state index contributed by atoms with van der Waals surface area (Å²) in [4.78, 5) is 59.0. The number of nitrogens with one attached hydrogen (secondary N) is 3. The molecule has 0 aromatic carbocycles. The highest BCUT2D eigenvalue weighted by atomic mass is 16.4. The number of aliphatic carboxylic acids is 1. The fourth-order valence-corrected chi connectivity index (χ4v) is 2.35. The van der Waals surface area contributed by atoms with Gasteiger partial charge in [0.15, 0.2) is 0 Å². The second kappa shape index (κ2) is 11.9. The number of amides is 4. The van der Waals surface area contributed by atoms with E-state index < -0.39 is 53.6 Å². The Morgan fingerprint density at radius 1 is 0.857 bits per heavy atom. The van der Waals surface area contributed by atoms with Gasteiger partial charge in [-0.2, -0.15) is 0 Å². The lowest BCUT2D eigenvalue weighted by molar-refractivity contribution is -0.143. The van der Waals surface area contributed by atoms with Crippen LogP contribution in [0.4, 0.5) is 0 Å². The van der Waals surface area contributed by atoms with E-state index in [0.29, 0.717) is 0 Å². The molecule has 28 heavy (non-hydrogen) atoms. The van der Waals surface area contributed by atoms with Crippen molar-refractivity contribution in [2.45, 2.75) is 58.7 Å².